The van der Waals surface area contributed by atoms with Crippen molar-refractivity contribution in [1.82, 2.24) is 19.7 Å². The highest BCUT2D eigenvalue weighted by atomic mass is 15.4. The van der Waals surface area contributed by atoms with Gasteiger partial charge in [0.25, 0.3) is 0 Å². The molecule has 0 amide bonds. The van der Waals surface area contributed by atoms with Gasteiger partial charge in [-0.25, -0.2) is 9.97 Å². The van der Waals surface area contributed by atoms with Crippen molar-refractivity contribution in [2.75, 3.05) is 0 Å². The monoisotopic (exact) mass is 230 g/mol. The number of hydrogen-bond acceptors (Lipinski definition) is 4. The Balaban J connectivity index is 2.71. The summed E-state index contributed by atoms with van der Waals surface area (Å²) in [5.74, 6) is 1.93. The highest BCUT2D eigenvalue weighted by Gasteiger charge is 2.15. The number of pyridine rings is 1. The van der Waals surface area contributed by atoms with E-state index >= 15 is 0 Å². The van der Waals surface area contributed by atoms with Gasteiger partial charge in [-0.1, -0.05) is 0 Å². The minimum Gasteiger partial charge on any atom is -0.384 e. The minimum absolute atomic E-state index is 0.0156. The largest absolute Gasteiger partial charge is 0.384 e. The molecule has 0 aliphatic carbocycles. The molecular formula is C11H14N6. The van der Waals surface area contributed by atoms with E-state index in [1.807, 2.05) is 26.8 Å². The van der Waals surface area contributed by atoms with Crippen molar-refractivity contribution in [2.24, 2.45) is 5.73 Å². The van der Waals surface area contributed by atoms with Crippen LogP contribution in [0.4, 0.5) is 0 Å². The van der Waals surface area contributed by atoms with Gasteiger partial charge in [-0.15, -0.1) is 5.10 Å². The van der Waals surface area contributed by atoms with Gasteiger partial charge in [0.15, 0.2) is 5.82 Å². The van der Waals surface area contributed by atoms with Crippen molar-refractivity contribution >= 4 is 5.84 Å². The van der Waals surface area contributed by atoms with Crippen LogP contribution in [0.25, 0.3) is 5.82 Å². The molecule has 6 heteroatoms. The number of aryl methyl sites for hydroxylation is 3. The van der Waals surface area contributed by atoms with Crippen molar-refractivity contribution in [3.63, 3.8) is 0 Å². The molecule has 0 aliphatic rings. The molecule has 0 aliphatic heterocycles. The third-order valence-electron chi connectivity index (χ3n) is 2.48. The van der Waals surface area contributed by atoms with E-state index in [1.54, 1.807) is 10.9 Å². The molecule has 2 rings (SSSR count). The van der Waals surface area contributed by atoms with Gasteiger partial charge in [-0.3, -0.25) is 5.41 Å². The summed E-state index contributed by atoms with van der Waals surface area (Å²) in [5.41, 5.74) is 7.09. The lowest BCUT2D eigenvalue weighted by atomic mass is 10.1. The summed E-state index contributed by atoms with van der Waals surface area (Å²) in [4.78, 5) is 8.46. The normalized spacial score (nSPS) is 10.5. The van der Waals surface area contributed by atoms with E-state index in [0.717, 1.165) is 11.4 Å². The fraction of sp³-hybridized carbons (Fsp3) is 0.273. The Labute approximate surface area is 99.0 Å². The van der Waals surface area contributed by atoms with E-state index in [0.29, 0.717) is 17.2 Å². The Morgan fingerprint density at radius 1 is 1.35 bits per heavy atom. The Hall–Kier alpha value is -2.24. The molecule has 0 saturated carbocycles. The third kappa shape index (κ3) is 1.89. The molecule has 88 valence electrons. The third-order valence-corrected chi connectivity index (χ3v) is 2.48. The molecule has 0 atom stereocenters. The molecule has 2 aromatic heterocycles. The molecule has 6 nitrogen and oxygen atoms in total. The predicted molar refractivity (Wildman–Crippen MR) is 64.4 cm³/mol. The van der Waals surface area contributed by atoms with Crippen LogP contribution in [0.1, 0.15) is 22.8 Å². The van der Waals surface area contributed by atoms with Gasteiger partial charge in [-0.2, -0.15) is 4.68 Å². The molecule has 0 spiro atoms. The average Bonchev–Trinajstić information content (AvgIpc) is 2.56. The summed E-state index contributed by atoms with van der Waals surface area (Å²) in [6.07, 6.45) is 1.67. The lowest BCUT2D eigenvalue weighted by molar-refractivity contribution is 0.799. The maximum atomic E-state index is 7.62. The van der Waals surface area contributed by atoms with Gasteiger partial charge in [0.1, 0.15) is 17.5 Å². The van der Waals surface area contributed by atoms with E-state index in [2.05, 4.69) is 15.1 Å². The van der Waals surface area contributed by atoms with Crippen molar-refractivity contribution in [3.05, 3.63) is 35.0 Å². The summed E-state index contributed by atoms with van der Waals surface area (Å²) in [6, 6.07) is 1.82. The first kappa shape index (κ1) is 11.3. The molecule has 0 bridgehead atoms. The van der Waals surface area contributed by atoms with E-state index in [4.69, 9.17) is 11.1 Å². The molecule has 0 unspecified atom stereocenters. The van der Waals surface area contributed by atoms with Crippen LogP contribution in [0, 0.1) is 26.2 Å². The number of amidine groups is 1. The molecule has 0 radical (unpaired) electrons. The second-order valence-electron chi connectivity index (χ2n) is 3.86. The van der Waals surface area contributed by atoms with Crippen LogP contribution in [0.15, 0.2) is 12.3 Å². The van der Waals surface area contributed by atoms with Crippen molar-refractivity contribution in [2.45, 2.75) is 20.8 Å². The fourth-order valence-electron chi connectivity index (χ4n) is 1.76. The van der Waals surface area contributed by atoms with Crippen LogP contribution in [0.3, 0.4) is 0 Å². The van der Waals surface area contributed by atoms with E-state index in [9.17, 15) is 0 Å². The van der Waals surface area contributed by atoms with Crippen LogP contribution in [-0.4, -0.2) is 25.6 Å². The first-order valence-electron chi connectivity index (χ1n) is 5.21. The fourth-order valence-corrected chi connectivity index (χ4v) is 1.76. The number of rotatable bonds is 2. The molecule has 17 heavy (non-hydrogen) atoms. The quantitative estimate of drug-likeness (QED) is 0.591. The maximum absolute atomic E-state index is 7.62. The number of hydrogen-bond donors (Lipinski definition) is 2. The number of nitrogens with zero attached hydrogens (tertiary/aromatic N) is 4. The van der Waals surface area contributed by atoms with Gasteiger partial charge in [-0.05, 0) is 32.4 Å². The van der Waals surface area contributed by atoms with Crippen LogP contribution < -0.4 is 5.73 Å². The Morgan fingerprint density at radius 3 is 2.59 bits per heavy atom. The topological polar surface area (TPSA) is 93.5 Å². The van der Waals surface area contributed by atoms with Crippen molar-refractivity contribution in [3.8, 4) is 5.82 Å². The zero-order valence-corrected chi connectivity index (χ0v) is 10.0. The number of nitrogens with one attached hydrogen (secondary N) is 1. The number of nitrogens with two attached hydrogens (primary N) is 1. The molecular weight excluding hydrogens is 216 g/mol. The van der Waals surface area contributed by atoms with E-state index in [1.165, 1.54) is 0 Å². The first-order chi connectivity index (χ1) is 8.00. The molecule has 0 aromatic carbocycles. The number of nitrogen functional groups attached to an aromatic ring is 1. The van der Waals surface area contributed by atoms with Gasteiger partial charge >= 0.3 is 0 Å². The van der Waals surface area contributed by atoms with Crippen LogP contribution >= 0.6 is 0 Å². The summed E-state index contributed by atoms with van der Waals surface area (Å²) in [7, 11) is 0. The number of aromatic nitrogens is 4. The van der Waals surface area contributed by atoms with E-state index < -0.39 is 0 Å². The first-order valence-corrected chi connectivity index (χ1v) is 5.21. The van der Waals surface area contributed by atoms with Crippen LogP contribution in [-0.2, 0) is 0 Å². The predicted octanol–water partition coefficient (Wildman–Crippen LogP) is 0.872. The molecule has 0 fully saturated rings. The highest BCUT2D eigenvalue weighted by Crippen LogP contribution is 2.15. The lowest BCUT2D eigenvalue weighted by Crippen LogP contribution is -2.18. The molecule has 3 N–H and O–H groups in total. The lowest BCUT2D eigenvalue weighted by Gasteiger charge is -2.10. The zero-order valence-electron chi connectivity index (χ0n) is 10.0. The summed E-state index contributed by atoms with van der Waals surface area (Å²) >= 11 is 0. The summed E-state index contributed by atoms with van der Waals surface area (Å²) in [6.45, 7) is 5.54. The maximum Gasteiger partial charge on any atom is 0.166 e. The minimum atomic E-state index is -0.0156. The highest BCUT2D eigenvalue weighted by molar-refractivity contribution is 5.99. The smallest absolute Gasteiger partial charge is 0.166 e. The summed E-state index contributed by atoms with van der Waals surface area (Å²) < 4.78 is 1.61. The Kier molecular flexibility index (Phi) is 2.63. The van der Waals surface area contributed by atoms with Crippen molar-refractivity contribution < 1.29 is 0 Å². The Morgan fingerprint density at radius 2 is 2.06 bits per heavy atom. The van der Waals surface area contributed by atoms with Gasteiger partial charge < -0.3 is 5.73 Å². The van der Waals surface area contributed by atoms with E-state index in [-0.39, 0.29) is 5.84 Å². The summed E-state index contributed by atoms with van der Waals surface area (Å²) in [5, 5.41) is 11.9. The second-order valence-corrected chi connectivity index (χ2v) is 3.86. The molecule has 2 aromatic rings. The standard InChI is InChI=1S/C11H14N6/c1-6-4-5-14-11(9(6)10(12)13)17-8(3)15-7(2)16-17/h4-5H,1-3H3,(H3,12,13). The van der Waals surface area contributed by atoms with Crippen LogP contribution in [0.5, 0.6) is 0 Å². The van der Waals surface area contributed by atoms with Gasteiger partial charge in [0.05, 0.1) is 5.56 Å². The van der Waals surface area contributed by atoms with Crippen molar-refractivity contribution in [1.29, 1.82) is 5.41 Å². The average molecular weight is 230 g/mol. The molecule has 2 heterocycles. The molecule has 0 saturated heterocycles. The van der Waals surface area contributed by atoms with Crippen LogP contribution in [0.2, 0.25) is 0 Å². The zero-order chi connectivity index (χ0) is 12.6. The second kappa shape index (κ2) is 3.97. The SMILES string of the molecule is Cc1nc(C)n(-c2nccc(C)c2C(=N)N)n1. The van der Waals surface area contributed by atoms with Gasteiger partial charge in [0, 0.05) is 6.20 Å². The Bertz CT molecular complexity index is 584. The van der Waals surface area contributed by atoms with Gasteiger partial charge in [0.2, 0.25) is 0 Å².